The van der Waals surface area contributed by atoms with Gasteiger partial charge in [0.15, 0.2) is 5.96 Å². The van der Waals surface area contributed by atoms with Gasteiger partial charge in [-0.05, 0) is 55.3 Å². The molecule has 2 unspecified atom stereocenters. The van der Waals surface area contributed by atoms with E-state index < -0.39 is 0 Å². The van der Waals surface area contributed by atoms with Crippen molar-refractivity contribution in [3.63, 3.8) is 0 Å². The number of rotatable bonds is 6. The van der Waals surface area contributed by atoms with Gasteiger partial charge in [0.2, 0.25) is 0 Å². The van der Waals surface area contributed by atoms with Crippen LogP contribution in [-0.4, -0.2) is 58.3 Å². The highest BCUT2D eigenvalue weighted by Gasteiger charge is 2.27. The Morgan fingerprint density at radius 1 is 1.16 bits per heavy atom. The summed E-state index contributed by atoms with van der Waals surface area (Å²) in [6.45, 7) is 11.7. The van der Waals surface area contributed by atoms with E-state index in [-0.39, 0.29) is 24.0 Å². The SMILES string of the molecule is CCNC(=NCc1ccccc1CN1CCCC(C)C1)N1CCC(c2cnn(C)c2)C1.I. The van der Waals surface area contributed by atoms with Crippen molar-refractivity contribution in [3.8, 4) is 0 Å². The van der Waals surface area contributed by atoms with Crippen molar-refractivity contribution in [1.29, 1.82) is 0 Å². The van der Waals surface area contributed by atoms with E-state index in [1.54, 1.807) is 0 Å². The van der Waals surface area contributed by atoms with Crippen LogP contribution in [0.2, 0.25) is 0 Å². The van der Waals surface area contributed by atoms with Gasteiger partial charge in [-0.2, -0.15) is 5.10 Å². The average molecular weight is 551 g/mol. The Labute approximate surface area is 210 Å². The van der Waals surface area contributed by atoms with Gasteiger partial charge >= 0.3 is 0 Å². The number of nitrogens with one attached hydrogen (secondary N) is 1. The van der Waals surface area contributed by atoms with Gasteiger partial charge < -0.3 is 10.2 Å². The van der Waals surface area contributed by atoms with Gasteiger partial charge in [-0.15, -0.1) is 24.0 Å². The van der Waals surface area contributed by atoms with E-state index >= 15 is 0 Å². The van der Waals surface area contributed by atoms with Gasteiger partial charge in [0.1, 0.15) is 0 Å². The molecule has 1 N–H and O–H groups in total. The molecular weight excluding hydrogens is 511 g/mol. The minimum absolute atomic E-state index is 0. The summed E-state index contributed by atoms with van der Waals surface area (Å²) in [5.74, 6) is 2.38. The molecule has 6 nitrogen and oxygen atoms in total. The van der Waals surface area contributed by atoms with Crippen molar-refractivity contribution in [1.82, 2.24) is 24.9 Å². The summed E-state index contributed by atoms with van der Waals surface area (Å²) in [7, 11) is 1.99. The Balaban J connectivity index is 0.00000289. The first-order valence-corrected chi connectivity index (χ1v) is 11.9. The summed E-state index contributed by atoms with van der Waals surface area (Å²) in [5, 5.41) is 7.88. The van der Waals surface area contributed by atoms with Gasteiger partial charge in [-0.1, -0.05) is 31.2 Å². The summed E-state index contributed by atoms with van der Waals surface area (Å²) in [6, 6.07) is 8.85. The normalized spacial score (nSPS) is 22.1. The van der Waals surface area contributed by atoms with Crippen LogP contribution in [0.25, 0.3) is 0 Å². The monoisotopic (exact) mass is 550 g/mol. The number of aliphatic imine (C=N–C) groups is 1. The minimum atomic E-state index is 0. The van der Waals surface area contributed by atoms with E-state index in [0.29, 0.717) is 5.92 Å². The lowest BCUT2D eigenvalue weighted by Gasteiger charge is -2.31. The molecule has 2 atom stereocenters. The Hall–Kier alpha value is -1.61. The van der Waals surface area contributed by atoms with Crippen molar-refractivity contribution >= 4 is 29.9 Å². The Morgan fingerprint density at radius 3 is 2.69 bits per heavy atom. The Kier molecular flexibility index (Phi) is 9.40. The molecule has 0 bridgehead atoms. The van der Waals surface area contributed by atoms with Gasteiger partial charge in [-0.25, -0.2) is 4.99 Å². The lowest BCUT2D eigenvalue weighted by Crippen LogP contribution is -2.40. The van der Waals surface area contributed by atoms with Crippen molar-refractivity contribution in [2.24, 2.45) is 18.0 Å². The van der Waals surface area contributed by atoms with E-state index in [4.69, 9.17) is 4.99 Å². The highest BCUT2D eigenvalue weighted by molar-refractivity contribution is 14.0. The Morgan fingerprint density at radius 2 is 1.97 bits per heavy atom. The molecule has 0 radical (unpaired) electrons. The summed E-state index contributed by atoms with van der Waals surface area (Å²) < 4.78 is 1.90. The number of benzene rings is 1. The van der Waals surface area contributed by atoms with Crippen LogP contribution in [-0.2, 0) is 20.1 Å². The number of halogens is 1. The fraction of sp³-hybridized carbons (Fsp3) is 0.600. The third-order valence-electron chi connectivity index (χ3n) is 6.67. The number of aromatic nitrogens is 2. The second-order valence-corrected chi connectivity index (χ2v) is 9.30. The fourth-order valence-corrected chi connectivity index (χ4v) is 5.00. The van der Waals surface area contributed by atoms with E-state index in [2.05, 4.69) is 64.5 Å². The van der Waals surface area contributed by atoms with Crippen LogP contribution in [0.15, 0.2) is 41.7 Å². The maximum absolute atomic E-state index is 5.06. The predicted molar refractivity (Wildman–Crippen MR) is 142 cm³/mol. The van der Waals surface area contributed by atoms with Gasteiger partial charge in [0, 0.05) is 51.9 Å². The number of guanidine groups is 1. The number of likely N-dealkylation sites (tertiary alicyclic amines) is 2. The maximum atomic E-state index is 5.06. The number of hydrogen-bond donors (Lipinski definition) is 1. The van der Waals surface area contributed by atoms with Crippen LogP contribution in [0.5, 0.6) is 0 Å². The molecule has 2 aliphatic rings. The fourth-order valence-electron chi connectivity index (χ4n) is 5.00. The predicted octanol–water partition coefficient (Wildman–Crippen LogP) is 4.23. The molecule has 2 fully saturated rings. The van der Waals surface area contributed by atoms with Gasteiger partial charge in [0.25, 0.3) is 0 Å². The van der Waals surface area contributed by atoms with Crippen molar-refractivity contribution in [3.05, 3.63) is 53.3 Å². The average Bonchev–Trinajstić information content (AvgIpc) is 3.41. The molecule has 0 spiro atoms. The quantitative estimate of drug-likeness (QED) is 0.333. The number of hydrogen-bond acceptors (Lipinski definition) is 3. The number of piperidine rings is 1. The molecule has 4 rings (SSSR count). The lowest BCUT2D eigenvalue weighted by molar-refractivity contribution is 0.176. The van der Waals surface area contributed by atoms with Crippen LogP contribution in [0, 0.1) is 5.92 Å². The summed E-state index contributed by atoms with van der Waals surface area (Å²) in [6.07, 6.45) is 8.00. The first-order chi connectivity index (χ1) is 15.1. The largest absolute Gasteiger partial charge is 0.357 e. The van der Waals surface area contributed by atoms with E-state index in [1.807, 2.05) is 17.9 Å². The van der Waals surface area contributed by atoms with Crippen molar-refractivity contribution < 1.29 is 0 Å². The number of aryl methyl sites for hydroxylation is 1. The third kappa shape index (κ3) is 6.47. The topological polar surface area (TPSA) is 48.7 Å². The molecular formula is C25H39IN6. The van der Waals surface area contributed by atoms with Crippen LogP contribution < -0.4 is 5.32 Å². The summed E-state index contributed by atoms with van der Waals surface area (Å²) in [4.78, 5) is 10.1. The van der Waals surface area contributed by atoms with Crippen LogP contribution >= 0.6 is 24.0 Å². The molecule has 32 heavy (non-hydrogen) atoms. The molecule has 0 amide bonds. The number of nitrogens with zero attached hydrogens (tertiary/aromatic N) is 5. The molecule has 1 aromatic carbocycles. The first kappa shape index (κ1) is 25.0. The molecule has 7 heteroatoms. The highest BCUT2D eigenvalue weighted by atomic mass is 127. The summed E-state index contributed by atoms with van der Waals surface area (Å²) >= 11 is 0. The Bertz CT molecular complexity index is 879. The highest BCUT2D eigenvalue weighted by Crippen LogP contribution is 2.27. The zero-order chi connectivity index (χ0) is 21.6. The van der Waals surface area contributed by atoms with Crippen LogP contribution in [0.4, 0.5) is 0 Å². The second kappa shape index (κ2) is 12.0. The van der Waals surface area contributed by atoms with Gasteiger partial charge in [-0.3, -0.25) is 9.58 Å². The summed E-state index contributed by atoms with van der Waals surface area (Å²) in [5.41, 5.74) is 4.10. The lowest BCUT2D eigenvalue weighted by atomic mass is 9.99. The molecule has 2 aromatic rings. The second-order valence-electron chi connectivity index (χ2n) is 9.30. The van der Waals surface area contributed by atoms with Crippen LogP contribution in [0.1, 0.15) is 55.7 Å². The smallest absolute Gasteiger partial charge is 0.194 e. The van der Waals surface area contributed by atoms with E-state index in [9.17, 15) is 0 Å². The molecule has 3 heterocycles. The molecule has 1 aromatic heterocycles. The minimum Gasteiger partial charge on any atom is -0.357 e. The van der Waals surface area contributed by atoms with Crippen molar-refractivity contribution in [2.45, 2.75) is 52.1 Å². The van der Waals surface area contributed by atoms with Gasteiger partial charge in [0.05, 0.1) is 12.7 Å². The van der Waals surface area contributed by atoms with E-state index in [0.717, 1.165) is 51.0 Å². The first-order valence-electron chi connectivity index (χ1n) is 11.9. The zero-order valence-corrected chi connectivity index (χ0v) is 22.2. The van der Waals surface area contributed by atoms with Crippen LogP contribution in [0.3, 0.4) is 0 Å². The third-order valence-corrected chi connectivity index (χ3v) is 6.67. The molecule has 2 saturated heterocycles. The van der Waals surface area contributed by atoms with Crippen molar-refractivity contribution in [2.75, 3.05) is 32.7 Å². The molecule has 2 aliphatic heterocycles. The molecule has 0 aliphatic carbocycles. The zero-order valence-electron chi connectivity index (χ0n) is 19.8. The standard InChI is InChI=1S/C25H38N6.HI/c1-4-26-25(31-13-11-23(19-31)24-15-28-29(3)17-24)27-14-21-9-5-6-10-22(21)18-30-12-7-8-20(2)16-30;/h5-6,9-10,15,17,20,23H,4,7-8,11-14,16,18-19H2,1-3H3,(H,26,27);1H. The molecule has 0 saturated carbocycles. The molecule has 176 valence electrons. The maximum Gasteiger partial charge on any atom is 0.194 e. The van der Waals surface area contributed by atoms with E-state index in [1.165, 1.54) is 42.6 Å².